The molecule has 1 saturated carbocycles. The Bertz CT molecular complexity index is 1440. The number of carbonyl (C=O) groups excluding carboxylic acids is 3. The van der Waals surface area contributed by atoms with Crippen molar-refractivity contribution < 1.29 is 29.3 Å². The van der Waals surface area contributed by atoms with Gasteiger partial charge in [0.2, 0.25) is 5.91 Å². The normalized spacial score (nSPS) is 14.4. The van der Waals surface area contributed by atoms with Crippen molar-refractivity contribution in [1.82, 2.24) is 10.2 Å². The van der Waals surface area contributed by atoms with Crippen LogP contribution in [0.4, 0.5) is 10.5 Å². The summed E-state index contributed by atoms with van der Waals surface area (Å²) < 4.78 is 5.48. The van der Waals surface area contributed by atoms with Crippen molar-refractivity contribution in [3.8, 4) is 11.5 Å². The first-order valence-corrected chi connectivity index (χ1v) is 14.1. The molecule has 1 aliphatic rings. The average molecular weight is 574 g/mol. The monoisotopic (exact) mass is 573 g/mol. The first-order valence-electron chi connectivity index (χ1n) is 14.1. The van der Waals surface area contributed by atoms with Crippen molar-refractivity contribution in [3.63, 3.8) is 0 Å². The number of carbonyl (C=O) groups is 3. The molecule has 0 aliphatic heterocycles. The van der Waals surface area contributed by atoms with Crippen LogP contribution in [0, 0.1) is 13.8 Å². The fraction of sp³-hybridized carbons (Fsp3) is 0.364. The maximum Gasteiger partial charge on any atom is 0.408 e. The lowest BCUT2D eigenvalue weighted by atomic mass is 9.98. The van der Waals surface area contributed by atoms with E-state index in [1.165, 1.54) is 18.2 Å². The number of aromatic hydroxyl groups is 2. The van der Waals surface area contributed by atoms with Crippen LogP contribution in [0.1, 0.15) is 61.9 Å². The summed E-state index contributed by atoms with van der Waals surface area (Å²) in [7, 11) is 0. The van der Waals surface area contributed by atoms with Gasteiger partial charge < -0.3 is 30.5 Å². The third-order valence-corrected chi connectivity index (χ3v) is 7.03. The van der Waals surface area contributed by atoms with Crippen LogP contribution < -0.4 is 10.6 Å². The number of phenolic OH excluding ortho intramolecular Hbond substituents is 2. The van der Waals surface area contributed by atoms with E-state index < -0.39 is 35.6 Å². The Morgan fingerprint density at radius 3 is 2.21 bits per heavy atom. The van der Waals surface area contributed by atoms with Gasteiger partial charge in [-0.25, -0.2) is 4.79 Å². The zero-order chi connectivity index (χ0) is 30.6. The molecule has 42 heavy (non-hydrogen) atoms. The second kappa shape index (κ2) is 12.5. The minimum Gasteiger partial charge on any atom is -0.508 e. The molecule has 9 heteroatoms. The van der Waals surface area contributed by atoms with Crippen LogP contribution in [0.5, 0.6) is 11.5 Å². The molecule has 0 saturated heterocycles. The summed E-state index contributed by atoms with van der Waals surface area (Å²) in [6.45, 7) is 8.82. The number of alkyl carbamates (subject to hydrolysis) is 1. The van der Waals surface area contributed by atoms with Crippen LogP contribution in [0.3, 0.4) is 0 Å². The number of para-hydroxylation sites is 1. The fourth-order valence-electron chi connectivity index (χ4n) is 4.77. The van der Waals surface area contributed by atoms with Crippen LogP contribution in [-0.2, 0) is 20.7 Å². The quantitative estimate of drug-likeness (QED) is 0.267. The Labute approximate surface area is 246 Å². The highest BCUT2D eigenvalue weighted by Gasteiger charge is 2.44. The number of ether oxygens (including phenoxy) is 1. The van der Waals surface area contributed by atoms with Crippen molar-refractivity contribution in [2.75, 3.05) is 5.32 Å². The minimum atomic E-state index is -1.06. The zero-order valence-electron chi connectivity index (χ0n) is 24.7. The Morgan fingerprint density at radius 2 is 1.62 bits per heavy atom. The number of nitrogens with one attached hydrogen (secondary N) is 2. The van der Waals surface area contributed by atoms with Crippen molar-refractivity contribution in [2.24, 2.45) is 0 Å². The molecule has 4 N–H and O–H groups in total. The summed E-state index contributed by atoms with van der Waals surface area (Å²) >= 11 is 0. The van der Waals surface area contributed by atoms with Gasteiger partial charge in [-0.2, -0.15) is 0 Å². The van der Waals surface area contributed by atoms with Crippen LogP contribution in [0.25, 0.3) is 0 Å². The number of phenols is 2. The van der Waals surface area contributed by atoms with E-state index in [4.69, 9.17) is 4.74 Å². The predicted molar refractivity (Wildman–Crippen MR) is 160 cm³/mol. The summed E-state index contributed by atoms with van der Waals surface area (Å²) in [5.41, 5.74) is 2.52. The molecule has 0 bridgehead atoms. The molecule has 3 amide bonds. The Morgan fingerprint density at radius 1 is 0.952 bits per heavy atom. The topological polar surface area (TPSA) is 128 Å². The predicted octanol–water partition coefficient (Wildman–Crippen LogP) is 5.52. The molecular formula is C33H39N3O6. The van der Waals surface area contributed by atoms with E-state index in [1.807, 2.05) is 25.1 Å². The van der Waals surface area contributed by atoms with Gasteiger partial charge in [0.05, 0.1) is 0 Å². The smallest absolute Gasteiger partial charge is 0.408 e. The standard InChI is InChI=1S/C33H39N3O6/c1-20-8-6-7-9-26(20)34-30(39)29(23-12-17-28(38)21(2)18-23)36(24-13-14-24)31(40)27(35-32(41)42-33(3,4)5)19-22-10-15-25(37)16-11-22/h6-12,15-18,24,27,29,37-38H,13-14,19H2,1-5H3,(H,34,39)(H,35,41). The van der Waals surface area contributed by atoms with Crippen LogP contribution >= 0.6 is 0 Å². The van der Waals surface area contributed by atoms with Gasteiger partial charge in [-0.05, 0) is 100 Å². The molecule has 1 fully saturated rings. The van der Waals surface area contributed by atoms with E-state index in [2.05, 4.69) is 10.6 Å². The third-order valence-electron chi connectivity index (χ3n) is 7.03. The molecule has 0 radical (unpaired) electrons. The second-order valence-electron chi connectivity index (χ2n) is 11.8. The van der Waals surface area contributed by atoms with E-state index in [0.717, 1.165) is 5.56 Å². The molecule has 2 unspecified atom stereocenters. The van der Waals surface area contributed by atoms with Gasteiger partial charge >= 0.3 is 6.09 Å². The molecule has 0 heterocycles. The maximum absolute atomic E-state index is 14.5. The highest BCUT2D eigenvalue weighted by molar-refractivity contribution is 5.99. The van der Waals surface area contributed by atoms with E-state index >= 15 is 0 Å². The van der Waals surface area contributed by atoms with Gasteiger partial charge in [-0.1, -0.05) is 36.4 Å². The lowest BCUT2D eigenvalue weighted by Crippen LogP contribution is -2.54. The number of aryl methyl sites for hydroxylation is 2. The molecule has 9 nitrogen and oxygen atoms in total. The molecule has 3 aromatic carbocycles. The Hall–Kier alpha value is -4.53. The third kappa shape index (κ3) is 7.81. The van der Waals surface area contributed by atoms with E-state index in [9.17, 15) is 24.6 Å². The first-order chi connectivity index (χ1) is 19.8. The number of hydrogen-bond donors (Lipinski definition) is 4. The summed E-state index contributed by atoms with van der Waals surface area (Å²) in [4.78, 5) is 43.0. The van der Waals surface area contributed by atoms with E-state index in [-0.39, 0.29) is 24.0 Å². The highest BCUT2D eigenvalue weighted by Crippen LogP contribution is 2.37. The first kappa shape index (κ1) is 30.4. The Kier molecular flexibility index (Phi) is 9.09. The van der Waals surface area contributed by atoms with Crippen molar-refractivity contribution >= 4 is 23.6 Å². The summed E-state index contributed by atoms with van der Waals surface area (Å²) in [5.74, 6) is -0.683. The Balaban J connectivity index is 1.74. The van der Waals surface area contributed by atoms with E-state index in [1.54, 1.807) is 62.9 Å². The van der Waals surface area contributed by atoms with Gasteiger partial charge in [0, 0.05) is 18.2 Å². The minimum absolute atomic E-state index is 0.0805. The summed E-state index contributed by atoms with van der Waals surface area (Å²) in [6.07, 6.45) is 0.768. The fourth-order valence-corrected chi connectivity index (χ4v) is 4.77. The van der Waals surface area contributed by atoms with Gasteiger partial charge in [0.25, 0.3) is 5.91 Å². The van der Waals surface area contributed by atoms with Gasteiger partial charge in [-0.15, -0.1) is 0 Å². The molecule has 0 spiro atoms. The average Bonchev–Trinajstić information content (AvgIpc) is 3.75. The molecule has 0 aromatic heterocycles. The van der Waals surface area contributed by atoms with Gasteiger partial charge in [0.15, 0.2) is 0 Å². The number of rotatable bonds is 9. The van der Waals surface area contributed by atoms with Gasteiger partial charge in [-0.3, -0.25) is 9.59 Å². The van der Waals surface area contributed by atoms with Crippen molar-refractivity contribution in [1.29, 1.82) is 0 Å². The second-order valence-corrected chi connectivity index (χ2v) is 11.8. The number of anilines is 1. The molecule has 4 rings (SSSR count). The molecular weight excluding hydrogens is 534 g/mol. The number of amides is 3. The molecule has 2 atom stereocenters. The zero-order valence-corrected chi connectivity index (χ0v) is 24.7. The molecule has 1 aliphatic carbocycles. The highest BCUT2D eigenvalue weighted by atomic mass is 16.6. The van der Waals surface area contributed by atoms with Crippen molar-refractivity contribution in [3.05, 3.63) is 89.0 Å². The summed E-state index contributed by atoms with van der Waals surface area (Å²) in [5, 5.41) is 25.7. The number of hydrogen-bond acceptors (Lipinski definition) is 6. The summed E-state index contributed by atoms with van der Waals surface area (Å²) in [6, 6.07) is 16.3. The van der Waals surface area contributed by atoms with Crippen LogP contribution in [-0.4, -0.2) is 50.7 Å². The van der Waals surface area contributed by atoms with Crippen LogP contribution in [0.2, 0.25) is 0 Å². The SMILES string of the molecule is Cc1cc(C(C(=O)Nc2ccccc2C)N(C(=O)C(Cc2ccc(O)cc2)NC(=O)OC(C)(C)C)C2CC2)ccc1O. The van der Waals surface area contributed by atoms with Gasteiger partial charge in [0.1, 0.15) is 29.2 Å². The lowest BCUT2D eigenvalue weighted by Gasteiger charge is -2.35. The largest absolute Gasteiger partial charge is 0.508 e. The van der Waals surface area contributed by atoms with Crippen LogP contribution in [0.15, 0.2) is 66.7 Å². The molecule has 3 aromatic rings. The van der Waals surface area contributed by atoms with E-state index in [0.29, 0.717) is 35.2 Å². The van der Waals surface area contributed by atoms with Crippen molar-refractivity contribution in [2.45, 2.75) is 77.6 Å². The lowest BCUT2D eigenvalue weighted by molar-refractivity contribution is -0.141. The molecule has 222 valence electrons. The number of nitrogens with zero attached hydrogens (tertiary/aromatic N) is 1. The number of benzene rings is 3. The maximum atomic E-state index is 14.5.